The smallest absolute Gasteiger partial charge is 0.0706 e. The quantitative estimate of drug-likeness (QED) is 0.112. The molecule has 0 aliphatic carbocycles. The van der Waals surface area contributed by atoms with Crippen molar-refractivity contribution in [2.45, 2.75) is 59.8 Å². The molecular weight excluding hydrogens is 584 g/mol. The van der Waals surface area contributed by atoms with Crippen LogP contribution in [0.1, 0.15) is 39.8 Å². The molecule has 0 unspecified atom stereocenters. The summed E-state index contributed by atoms with van der Waals surface area (Å²) < 4.78 is 4.49. The minimum atomic E-state index is -0.195. The molecular formula is C41H42N2O4. The van der Waals surface area contributed by atoms with Crippen LogP contribution >= 0.6 is 0 Å². The van der Waals surface area contributed by atoms with Gasteiger partial charge in [0.05, 0.1) is 49.2 Å². The van der Waals surface area contributed by atoms with Crippen molar-refractivity contribution in [3.05, 3.63) is 143 Å². The summed E-state index contributed by atoms with van der Waals surface area (Å²) in [6, 6.07) is 36.7. The zero-order valence-corrected chi connectivity index (χ0v) is 27.0. The van der Waals surface area contributed by atoms with Gasteiger partial charge in [0.1, 0.15) is 0 Å². The summed E-state index contributed by atoms with van der Waals surface area (Å²) in [7, 11) is 0. The lowest BCUT2D eigenvalue weighted by Gasteiger charge is -2.19. The van der Waals surface area contributed by atoms with Crippen molar-refractivity contribution in [2.75, 3.05) is 0 Å². The Kier molecular flexibility index (Phi) is 9.85. The Bertz CT molecular complexity index is 1790. The van der Waals surface area contributed by atoms with Crippen LogP contribution < -0.4 is 0 Å². The first-order valence-corrected chi connectivity index (χ1v) is 16.2. The highest BCUT2D eigenvalue weighted by Crippen LogP contribution is 2.40. The largest absolute Gasteiger partial charge is 0.392 e. The molecule has 0 fully saturated rings. The lowest BCUT2D eigenvalue weighted by atomic mass is 10.0. The van der Waals surface area contributed by atoms with Crippen molar-refractivity contribution in [3.8, 4) is 45.0 Å². The first-order valence-electron chi connectivity index (χ1n) is 16.2. The first-order chi connectivity index (χ1) is 23.0. The van der Waals surface area contributed by atoms with Crippen LogP contribution in [-0.2, 0) is 39.5 Å². The second-order valence-corrected chi connectivity index (χ2v) is 12.1. The number of aromatic nitrogens is 2. The third-order valence-corrected chi connectivity index (χ3v) is 9.09. The minimum absolute atomic E-state index is 0.195. The van der Waals surface area contributed by atoms with Crippen LogP contribution in [0.5, 0.6) is 0 Å². The summed E-state index contributed by atoms with van der Waals surface area (Å²) in [5.74, 6) is 0. The average Bonchev–Trinajstić information content (AvgIpc) is 3.61. The molecule has 0 radical (unpaired) electrons. The van der Waals surface area contributed by atoms with Gasteiger partial charge in [-0.2, -0.15) is 0 Å². The number of nitrogens with zero attached hydrogens (tertiary/aromatic N) is 2. The Morgan fingerprint density at radius 3 is 0.936 bits per heavy atom. The topological polar surface area (TPSA) is 90.8 Å². The SMILES string of the molecule is Cc1ccc(-c2c(CO)c(CO)c(-c3ccccc3)n2CCCn2c(-c3ccccc3)c(CO)c(CO)c2-c2ccc(C)cc2)cc1. The molecule has 0 saturated heterocycles. The highest BCUT2D eigenvalue weighted by atomic mass is 16.3. The molecule has 6 aromatic rings. The van der Waals surface area contributed by atoms with Gasteiger partial charge in [-0.15, -0.1) is 0 Å². The molecule has 0 amide bonds. The molecule has 2 aromatic heterocycles. The van der Waals surface area contributed by atoms with Crippen molar-refractivity contribution in [1.29, 1.82) is 0 Å². The molecule has 47 heavy (non-hydrogen) atoms. The molecule has 4 N–H and O–H groups in total. The number of hydrogen-bond donors (Lipinski definition) is 4. The van der Waals surface area contributed by atoms with E-state index in [9.17, 15) is 20.4 Å². The Labute approximate surface area is 276 Å². The molecule has 0 spiro atoms. The fraction of sp³-hybridized carbons (Fsp3) is 0.220. The molecule has 4 aromatic carbocycles. The number of aliphatic hydroxyl groups excluding tert-OH is 4. The van der Waals surface area contributed by atoms with Gasteiger partial charge in [-0.25, -0.2) is 0 Å². The van der Waals surface area contributed by atoms with Gasteiger partial charge in [0.15, 0.2) is 0 Å². The van der Waals surface area contributed by atoms with E-state index in [4.69, 9.17) is 0 Å². The molecule has 0 bridgehead atoms. The van der Waals surface area contributed by atoms with E-state index < -0.39 is 0 Å². The van der Waals surface area contributed by atoms with E-state index in [0.29, 0.717) is 19.5 Å². The van der Waals surface area contributed by atoms with Crippen LogP contribution in [0.15, 0.2) is 109 Å². The van der Waals surface area contributed by atoms with E-state index in [1.807, 2.05) is 60.7 Å². The molecule has 0 aliphatic rings. The molecule has 6 heteroatoms. The van der Waals surface area contributed by atoms with Gasteiger partial charge in [-0.1, -0.05) is 120 Å². The van der Waals surface area contributed by atoms with E-state index in [0.717, 1.165) is 78.4 Å². The summed E-state index contributed by atoms with van der Waals surface area (Å²) in [5, 5.41) is 42.7. The number of hydrogen-bond acceptors (Lipinski definition) is 4. The molecule has 0 atom stereocenters. The predicted octanol–water partition coefficient (Wildman–Crippen LogP) is 7.63. The van der Waals surface area contributed by atoms with Crippen LogP contribution in [0.4, 0.5) is 0 Å². The maximum absolute atomic E-state index is 10.7. The monoisotopic (exact) mass is 626 g/mol. The Hall–Kier alpha value is -4.72. The fourth-order valence-corrected chi connectivity index (χ4v) is 6.90. The lowest BCUT2D eigenvalue weighted by Crippen LogP contribution is -2.09. The van der Waals surface area contributed by atoms with Gasteiger partial charge < -0.3 is 29.6 Å². The maximum atomic E-state index is 10.7. The number of benzene rings is 4. The second kappa shape index (κ2) is 14.4. The minimum Gasteiger partial charge on any atom is -0.392 e. The van der Waals surface area contributed by atoms with Gasteiger partial charge in [0.2, 0.25) is 0 Å². The van der Waals surface area contributed by atoms with E-state index in [1.54, 1.807) is 0 Å². The lowest BCUT2D eigenvalue weighted by molar-refractivity contribution is 0.262. The van der Waals surface area contributed by atoms with Gasteiger partial charge in [-0.05, 0) is 42.5 Å². The van der Waals surface area contributed by atoms with E-state index in [-0.39, 0.29) is 26.4 Å². The van der Waals surface area contributed by atoms with Gasteiger partial charge in [-0.3, -0.25) is 0 Å². The third kappa shape index (κ3) is 6.21. The zero-order chi connectivity index (χ0) is 32.9. The van der Waals surface area contributed by atoms with Crippen LogP contribution in [0, 0.1) is 13.8 Å². The highest BCUT2D eigenvalue weighted by molar-refractivity contribution is 5.78. The molecule has 2 heterocycles. The molecule has 6 rings (SSSR count). The molecule has 0 saturated carbocycles. The molecule has 240 valence electrons. The Morgan fingerprint density at radius 1 is 0.383 bits per heavy atom. The van der Waals surface area contributed by atoms with Gasteiger partial charge in [0.25, 0.3) is 0 Å². The van der Waals surface area contributed by atoms with Crippen LogP contribution in [0.25, 0.3) is 45.0 Å². The predicted molar refractivity (Wildman–Crippen MR) is 188 cm³/mol. The van der Waals surface area contributed by atoms with Crippen LogP contribution in [0.3, 0.4) is 0 Å². The maximum Gasteiger partial charge on any atom is 0.0706 e. The van der Waals surface area contributed by atoms with Crippen LogP contribution in [0.2, 0.25) is 0 Å². The van der Waals surface area contributed by atoms with Gasteiger partial charge >= 0.3 is 0 Å². The van der Waals surface area contributed by atoms with E-state index in [1.165, 1.54) is 0 Å². The summed E-state index contributed by atoms with van der Waals surface area (Å²) in [4.78, 5) is 0. The highest BCUT2D eigenvalue weighted by Gasteiger charge is 2.26. The standard InChI is InChI=1S/C41H42N2O4/c1-28-14-18-32(19-15-28)40-36(26-46)34(24-44)38(30-10-5-3-6-11-30)42(40)22-9-23-43-39(31-12-7-4-8-13-31)35(25-45)37(27-47)41(43)33-20-16-29(2)17-21-33/h3-8,10-21,44-47H,9,22-27H2,1-2H3. The van der Waals surface area contributed by atoms with Crippen molar-refractivity contribution < 1.29 is 20.4 Å². The Balaban J connectivity index is 1.51. The number of rotatable bonds is 12. The fourth-order valence-electron chi connectivity index (χ4n) is 6.90. The zero-order valence-electron chi connectivity index (χ0n) is 27.0. The second-order valence-electron chi connectivity index (χ2n) is 12.1. The summed E-state index contributed by atoms with van der Waals surface area (Å²) >= 11 is 0. The number of aliphatic hydroxyl groups is 4. The van der Waals surface area contributed by atoms with E-state index in [2.05, 4.69) is 71.5 Å². The Morgan fingerprint density at radius 2 is 0.660 bits per heavy atom. The third-order valence-electron chi connectivity index (χ3n) is 9.09. The summed E-state index contributed by atoms with van der Waals surface area (Å²) in [6.07, 6.45) is 0.701. The van der Waals surface area contributed by atoms with Crippen LogP contribution in [-0.4, -0.2) is 29.6 Å². The van der Waals surface area contributed by atoms with Gasteiger partial charge in [0, 0.05) is 35.3 Å². The van der Waals surface area contributed by atoms with E-state index >= 15 is 0 Å². The van der Waals surface area contributed by atoms with Crippen molar-refractivity contribution in [3.63, 3.8) is 0 Å². The normalized spacial score (nSPS) is 11.4. The van der Waals surface area contributed by atoms with Crippen molar-refractivity contribution in [2.24, 2.45) is 0 Å². The van der Waals surface area contributed by atoms with Crippen molar-refractivity contribution in [1.82, 2.24) is 9.13 Å². The molecule has 0 aliphatic heterocycles. The summed E-state index contributed by atoms with van der Waals surface area (Å²) in [5.41, 5.74) is 12.7. The number of aryl methyl sites for hydroxylation is 2. The molecule has 6 nitrogen and oxygen atoms in total. The summed E-state index contributed by atoms with van der Waals surface area (Å²) in [6.45, 7) is 4.53. The van der Waals surface area contributed by atoms with Crippen molar-refractivity contribution >= 4 is 0 Å². The average molecular weight is 627 g/mol. The first kappa shape index (κ1) is 32.2.